The number of thioether (sulfide) groups is 1. The fourth-order valence-electron chi connectivity index (χ4n) is 1.14. The molecule has 1 aromatic rings. The molecule has 1 heterocycles. The summed E-state index contributed by atoms with van der Waals surface area (Å²) in [6, 6.07) is 2.77. The van der Waals surface area contributed by atoms with Crippen molar-refractivity contribution < 1.29 is 8.42 Å². The Kier molecular flexibility index (Phi) is 5.04. The van der Waals surface area contributed by atoms with E-state index in [-0.39, 0.29) is 16.1 Å². The van der Waals surface area contributed by atoms with Crippen LogP contribution < -0.4 is 4.72 Å². The van der Waals surface area contributed by atoms with Gasteiger partial charge in [0.05, 0.1) is 0 Å². The molecule has 0 bridgehead atoms. The van der Waals surface area contributed by atoms with Crippen molar-refractivity contribution in [1.29, 1.82) is 0 Å². The molecular weight excluding hydrogens is 268 g/mol. The van der Waals surface area contributed by atoms with Crippen molar-refractivity contribution in [2.24, 2.45) is 0 Å². The van der Waals surface area contributed by atoms with E-state index in [1.807, 2.05) is 13.2 Å². The number of nitrogens with one attached hydrogen (secondary N) is 1. The number of pyridine rings is 1. The number of hydrogen-bond donors (Lipinski definition) is 1. The Balaban J connectivity index is 2.82. The molecular formula is C9H13ClN2O2S2. The molecule has 0 aliphatic rings. The smallest absolute Gasteiger partial charge is 0.242 e. The van der Waals surface area contributed by atoms with Crippen LogP contribution in [0.4, 0.5) is 0 Å². The first-order chi connectivity index (χ1) is 7.45. The molecule has 4 nitrogen and oxygen atoms in total. The van der Waals surface area contributed by atoms with Gasteiger partial charge in [-0.15, -0.1) is 0 Å². The van der Waals surface area contributed by atoms with E-state index in [2.05, 4.69) is 9.71 Å². The molecule has 0 saturated carbocycles. The Bertz CT molecular complexity index is 433. The second-order valence-electron chi connectivity index (χ2n) is 3.29. The molecule has 7 heteroatoms. The molecule has 0 amide bonds. The zero-order valence-corrected chi connectivity index (χ0v) is 11.4. The first-order valence-corrected chi connectivity index (χ1v) is 7.84. The van der Waals surface area contributed by atoms with Crippen LogP contribution in [0, 0.1) is 0 Å². The number of rotatable bonds is 5. The SMILES string of the molecule is CSCC(C)NS(=O)(=O)c1ccc(Cl)nc1. The topological polar surface area (TPSA) is 59.1 Å². The average Bonchev–Trinajstić information content (AvgIpc) is 2.17. The lowest BCUT2D eigenvalue weighted by atomic mass is 10.4. The number of halogens is 1. The van der Waals surface area contributed by atoms with Crippen LogP contribution in [0.25, 0.3) is 0 Å². The number of sulfonamides is 1. The predicted molar refractivity (Wildman–Crippen MR) is 67.4 cm³/mol. The third kappa shape index (κ3) is 3.93. The largest absolute Gasteiger partial charge is 0.243 e. The quantitative estimate of drug-likeness (QED) is 0.835. The zero-order chi connectivity index (χ0) is 12.2. The lowest BCUT2D eigenvalue weighted by molar-refractivity contribution is 0.570. The molecule has 0 radical (unpaired) electrons. The maximum atomic E-state index is 11.8. The summed E-state index contributed by atoms with van der Waals surface area (Å²) in [7, 11) is -3.48. The van der Waals surface area contributed by atoms with Gasteiger partial charge in [0, 0.05) is 18.0 Å². The Morgan fingerprint density at radius 3 is 2.75 bits per heavy atom. The third-order valence-electron chi connectivity index (χ3n) is 1.78. The first kappa shape index (κ1) is 13.8. The van der Waals surface area contributed by atoms with Gasteiger partial charge in [-0.3, -0.25) is 0 Å². The highest BCUT2D eigenvalue weighted by atomic mass is 35.5. The van der Waals surface area contributed by atoms with Gasteiger partial charge < -0.3 is 0 Å². The Hall–Kier alpha value is -0.300. The molecule has 16 heavy (non-hydrogen) atoms. The van der Waals surface area contributed by atoms with Crippen LogP contribution >= 0.6 is 23.4 Å². The predicted octanol–water partition coefficient (Wildman–Crippen LogP) is 1.76. The summed E-state index contributed by atoms with van der Waals surface area (Å²) in [5, 5.41) is 0.274. The zero-order valence-electron chi connectivity index (χ0n) is 8.97. The fourth-order valence-corrected chi connectivity index (χ4v) is 3.13. The van der Waals surface area contributed by atoms with Crippen molar-refractivity contribution >= 4 is 33.4 Å². The molecule has 1 N–H and O–H groups in total. The molecule has 0 aliphatic heterocycles. The summed E-state index contributed by atoms with van der Waals surface area (Å²) in [6.45, 7) is 1.82. The molecule has 0 spiro atoms. The van der Waals surface area contributed by atoms with Crippen molar-refractivity contribution in [3.8, 4) is 0 Å². The second kappa shape index (κ2) is 5.86. The maximum Gasteiger partial charge on any atom is 0.242 e. The van der Waals surface area contributed by atoms with Gasteiger partial charge in [-0.25, -0.2) is 18.1 Å². The van der Waals surface area contributed by atoms with E-state index in [1.54, 1.807) is 11.8 Å². The van der Waals surface area contributed by atoms with E-state index >= 15 is 0 Å². The molecule has 0 aromatic carbocycles. The van der Waals surface area contributed by atoms with E-state index in [0.717, 1.165) is 5.75 Å². The van der Waals surface area contributed by atoms with E-state index in [0.29, 0.717) is 0 Å². The van der Waals surface area contributed by atoms with Gasteiger partial charge in [-0.1, -0.05) is 11.6 Å². The van der Waals surface area contributed by atoms with E-state index in [9.17, 15) is 8.42 Å². The molecule has 90 valence electrons. The molecule has 1 rings (SSSR count). The summed E-state index contributed by atoms with van der Waals surface area (Å²) in [5.74, 6) is 0.722. The van der Waals surface area contributed by atoms with Crippen molar-refractivity contribution in [3.63, 3.8) is 0 Å². The van der Waals surface area contributed by atoms with Crippen molar-refractivity contribution in [3.05, 3.63) is 23.5 Å². The van der Waals surface area contributed by atoms with Crippen molar-refractivity contribution in [1.82, 2.24) is 9.71 Å². The Labute approximate surface area is 105 Å². The van der Waals surface area contributed by atoms with Crippen LogP contribution in [-0.2, 0) is 10.0 Å². The third-order valence-corrected chi connectivity index (χ3v) is 4.42. The van der Waals surface area contributed by atoms with Crippen LogP contribution in [-0.4, -0.2) is 31.5 Å². The van der Waals surface area contributed by atoms with Gasteiger partial charge in [0.15, 0.2) is 0 Å². The Morgan fingerprint density at radius 2 is 2.25 bits per heavy atom. The highest BCUT2D eigenvalue weighted by molar-refractivity contribution is 7.98. The van der Waals surface area contributed by atoms with Gasteiger partial charge in [-0.2, -0.15) is 11.8 Å². The standard InChI is InChI=1S/C9H13ClN2O2S2/c1-7(6-15-2)12-16(13,14)8-3-4-9(10)11-5-8/h3-5,7,12H,6H2,1-2H3. The normalized spacial score (nSPS) is 13.7. The van der Waals surface area contributed by atoms with Crippen LogP contribution in [0.5, 0.6) is 0 Å². The molecule has 0 fully saturated rings. The lowest BCUT2D eigenvalue weighted by Crippen LogP contribution is -2.34. The van der Waals surface area contributed by atoms with E-state index in [1.165, 1.54) is 18.3 Å². The first-order valence-electron chi connectivity index (χ1n) is 4.58. The molecule has 0 aliphatic carbocycles. The molecule has 1 aromatic heterocycles. The lowest BCUT2D eigenvalue weighted by Gasteiger charge is -2.12. The molecule has 1 atom stereocenters. The van der Waals surface area contributed by atoms with Gasteiger partial charge in [0.2, 0.25) is 10.0 Å². The molecule has 1 unspecified atom stereocenters. The van der Waals surface area contributed by atoms with Crippen molar-refractivity contribution in [2.45, 2.75) is 17.9 Å². The van der Waals surface area contributed by atoms with Gasteiger partial charge in [-0.05, 0) is 25.3 Å². The number of hydrogen-bond acceptors (Lipinski definition) is 4. The van der Waals surface area contributed by atoms with E-state index < -0.39 is 10.0 Å². The van der Waals surface area contributed by atoms with Gasteiger partial charge >= 0.3 is 0 Å². The minimum absolute atomic E-state index is 0.115. The second-order valence-corrected chi connectivity index (χ2v) is 6.31. The minimum Gasteiger partial charge on any atom is -0.243 e. The van der Waals surface area contributed by atoms with Crippen LogP contribution in [0.2, 0.25) is 5.15 Å². The Morgan fingerprint density at radius 1 is 1.56 bits per heavy atom. The number of aromatic nitrogens is 1. The minimum atomic E-state index is -3.48. The summed E-state index contributed by atoms with van der Waals surface area (Å²) in [5.41, 5.74) is 0. The van der Waals surface area contributed by atoms with Gasteiger partial charge in [0.25, 0.3) is 0 Å². The van der Waals surface area contributed by atoms with Gasteiger partial charge in [0.1, 0.15) is 10.0 Å². The monoisotopic (exact) mass is 280 g/mol. The summed E-state index contributed by atoms with van der Waals surface area (Å²) in [6.07, 6.45) is 3.17. The van der Waals surface area contributed by atoms with Crippen LogP contribution in [0.15, 0.2) is 23.2 Å². The molecule has 0 saturated heterocycles. The summed E-state index contributed by atoms with van der Waals surface area (Å²) < 4.78 is 26.2. The summed E-state index contributed by atoms with van der Waals surface area (Å²) in [4.78, 5) is 3.87. The average molecular weight is 281 g/mol. The highest BCUT2D eigenvalue weighted by Crippen LogP contribution is 2.11. The van der Waals surface area contributed by atoms with E-state index in [4.69, 9.17) is 11.6 Å². The maximum absolute atomic E-state index is 11.8. The highest BCUT2D eigenvalue weighted by Gasteiger charge is 2.17. The fraction of sp³-hybridized carbons (Fsp3) is 0.444. The summed E-state index contributed by atoms with van der Waals surface area (Å²) >= 11 is 7.17. The van der Waals surface area contributed by atoms with Crippen LogP contribution in [0.1, 0.15) is 6.92 Å². The van der Waals surface area contributed by atoms with Crippen molar-refractivity contribution in [2.75, 3.05) is 12.0 Å². The number of nitrogens with zero attached hydrogens (tertiary/aromatic N) is 1. The van der Waals surface area contributed by atoms with Crippen LogP contribution in [0.3, 0.4) is 0 Å².